The molecule has 0 N–H and O–H groups in total. The van der Waals surface area contributed by atoms with Crippen LogP contribution >= 0.6 is 0 Å². The Labute approximate surface area is 212 Å². The van der Waals surface area contributed by atoms with Gasteiger partial charge >= 0.3 is 12.1 Å². The highest BCUT2D eigenvalue weighted by Gasteiger charge is 2.34. The second-order valence-corrected chi connectivity index (χ2v) is 9.77. The van der Waals surface area contributed by atoms with Crippen molar-refractivity contribution in [2.75, 3.05) is 7.11 Å². The van der Waals surface area contributed by atoms with Gasteiger partial charge in [0.15, 0.2) is 0 Å². The molecule has 37 heavy (non-hydrogen) atoms. The summed E-state index contributed by atoms with van der Waals surface area (Å²) in [4.78, 5) is 13.7. The van der Waals surface area contributed by atoms with Gasteiger partial charge in [-0.05, 0) is 69.2 Å². The Morgan fingerprint density at radius 1 is 0.973 bits per heavy atom. The van der Waals surface area contributed by atoms with E-state index in [-0.39, 0.29) is 23.2 Å². The fourth-order valence-corrected chi connectivity index (χ4v) is 4.35. The number of rotatable bonds is 5. The first kappa shape index (κ1) is 26.3. The van der Waals surface area contributed by atoms with E-state index < -0.39 is 29.1 Å². The fraction of sp³-hybridized carbons (Fsp3) is 0.276. The highest BCUT2D eigenvalue weighted by molar-refractivity contribution is 6.10. The number of hydrogen-bond donors (Lipinski definition) is 0. The molecule has 0 unspecified atom stereocenters. The fourth-order valence-electron chi connectivity index (χ4n) is 4.35. The number of ether oxygens (including phenoxy) is 2. The zero-order valence-corrected chi connectivity index (χ0v) is 21.2. The summed E-state index contributed by atoms with van der Waals surface area (Å²) in [5.41, 5.74) is 0.342. The summed E-state index contributed by atoms with van der Waals surface area (Å²) in [6, 6.07) is 14.7. The van der Waals surface area contributed by atoms with Crippen molar-refractivity contribution in [3.05, 3.63) is 88.9 Å². The van der Waals surface area contributed by atoms with Gasteiger partial charge in [-0.3, -0.25) is 0 Å². The first-order valence-corrected chi connectivity index (χ1v) is 11.7. The van der Waals surface area contributed by atoms with Crippen LogP contribution in [0.5, 0.6) is 5.75 Å². The lowest BCUT2D eigenvalue weighted by atomic mass is 9.99. The van der Waals surface area contributed by atoms with Gasteiger partial charge in [0, 0.05) is 28.6 Å². The summed E-state index contributed by atoms with van der Waals surface area (Å²) in [6.07, 6.45) is -4.60. The van der Waals surface area contributed by atoms with Gasteiger partial charge in [-0.25, -0.2) is 9.18 Å². The number of esters is 1. The topological polar surface area (TPSA) is 40.5 Å². The Morgan fingerprint density at radius 3 is 2.32 bits per heavy atom. The Hall–Kier alpha value is -3.81. The monoisotopic (exact) mass is 513 g/mol. The maximum absolute atomic E-state index is 14.4. The highest BCUT2D eigenvalue weighted by Crippen LogP contribution is 2.43. The average Bonchev–Trinajstić information content (AvgIpc) is 3.13. The molecule has 0 amide bonds. The normalized spacial score (nSPS) is 12.1. The van der Waals surface area contributed by atoms with Crippen LogP contribution in [0.2, 0.25) is 0 Å². The van der Waals surface area contributed by atoms with E-state index in [9.17, 15) is 22.4 Å². The molecule has 8 heteroatoms. The summed E-state index contributed by atoms with van der Waals surface area (Å²) >= 11 is 0. The molecule has 4 rings (SSSR count). The van der Waals surface area contributed by atoms with Crippen molar-refractivity contribution >= 4 is 16.9 Å². The van der Waals surface area contributed by atoms with Crippen LogP contribution in [-0.4, -0.2) is 23.2 Å². The van der Waals surface area contributed by atoms with Crippen LogP contribution in [0.1, 0.15) is 48.0 Å². The molecule has 0 atom stereocenters. The SMILES string of the molecule is COc1ccccc1-c1c(C(=O)OC(C)(C)C)n(Cc2cccc(F)c2C)c2ccc(C(F)(F)F)cc12. The summed E-state index contributed by atoms with van der Waals surface area (Å²) in [6.45, 7) is 6.78. The third-order valence-corrected chi connectivity index (χ3v) is 6.07. The quantitative estimate of drug-likeness (QED) is 0.202. The molecule has 0 aliphatic carbocycles. The van der Waals surface area contributed by atoms with Crippen LogP contribution in [0, 0.1) is 12.7 Å². The zero-order valence-electron chi connectivity index (χ0n) is 21.2. The van der Waals surface area contributed by atoms with Crippen molar-refractivity contribution in [2.24, 2.45) is 0 Å². The van der Waals surface area contributed by atoms with E-state index in [2.05, 4.69) is 0 Å². The molecule has 4 aromatic rings. The molecule has 0 saturated carbocycles. The van der Waals surface area contributed by atoms with Crippen molar-refractivity contribution in [3.8, 4) is 16.9 Å². The third kappa shape index (κ3) is 5.19. The molecule has 0 spiro atoms. The van der Waals surface area contributed by atoms with Gasteiger partial charge in [0.1, 0.15) is 22.9 Å². The number of fused-ring (bicyclic) bond motifs is 1. The van der Waals surface area contributed by atoms with Crippen molar-refractivity contribution in [3.63, 3.8) is 0 Å². The first-order chi connectivity index (χ1) is 17.3. The number of aromatic nitrogens is 1. The molecule has 0 saturated heterocycles. The number of para-hydroxylation sites is 1. The summed E-state index contributed by atoms with van der Waals surface area (Å²) < 4.78 is 68.5. The Morgan fingerprint density at radius 2 is 1.68 bits per heavy atom. The molecule has 0 radical (unpaired) electrons. The van der Waals surface area contributed by atoms with Gasteiger partial charge in [0.2, 0.25) is 0 Å². The lowest BCUT2D eigenvalue weighted by Crippen LogP contribution is -2.26. The number of carbonyl (C=O) groups excluding carboxylic acids is 1. The van der Waals surface area contributed by atoms with E-state index >= 15 is 0 Å². The predicted octanol–water partition coefficient (Wildman–Crippen LogP) is 7.79. The van der Waals surface area contributed by atoms with Crippen molar-refractivity contribution in [2.45, 2.75) is 46.0 Å². The second kappa shape index (κ2) is 9.57. The van der Waals surface area contributed by atoms with E-state index in [0.717, 1.165) is 12.1 Å². The number of alkyl halides is 3. The Kier molecular flexibility index (Phi) is 6.79. The number of methoxy groups -OCH3 is 1. The van der Waals surface area contributed by atoms with Crippen LogP contribution < -0.4 is 4.74 Å². The molecule has 0 aliphatic rings. The molecular formula is C29H27F4NO3. The van der Waals surface area contributed by atoms with Crippen LogP contribution in [0.15, 0.2) is 60.7 Å². The van der Waals surface area contributed by atoms with Gasteiger partial charge in [-0.1, -0.05) is 30.3 Å². The second-order valence-electron chi connectivity index (χ2n) is 9.77. The molecule has 1 heterocycles. The molecule has 4 nitrogen and oxygen atoms in total. The van der Waals surface area contributed by atoms with E-state index in [0.29, 0.717) is 28.0 Å². The maximum atomic E-state index is 14.4. The van der Waals surface area contributed by atoms with E-state index in [1.807, 2.05) is 0 Å². The molecule has 0 aliphatic heterocycles. The van der Waals surface area contributed by atoms with Gasteiger partial charge in [-0.2, -0.15) is 13.2 Å². The highest BCUT2D eigenvalue weighted by atomic mass is 19.4. The van der Waals surface area contributed by atoms with Crippen LogP contribution in [-0.2, 0) is 17.5 Å². The van der Waals surface area contributed by atoms with Crippen molar-refractivity contribution < 1.29 is 31.8 Å². The number of benzene rings is 3. The van der Waals surface area contributed by atoms with Gasteiger partial charge < -0.3 is 14.0 Å². The summed E-state index contributed by atoms with van der Waals surface area (Å²) in [5, 5.41) is 0.203. The Balaban J connectivity index is 2.13. The maximum Gasteiger partial charge on any atom is 0.416 e. The largest absolute Gasteiger partial charge is 0.496 e. The van der Waals surface area contributed by atoms with Gasteiger partial charge in [-0.15, -0.1) is 0 Å². The average molecular weight is 514 g/mol. The zero-order chi connectivity index (χ0) is 27.1. The van der Waals surface area contributed by atoms with Crippen molar-refractivity contribution in [1.29, 1.82) is 0 Å². The molecule has 1 aromatic heterocycles. The van der Waals surface area contributed by atoms with Crippen LogP contribution in [0.3, 0.4) is 0 Å². The summed E-state index contributed by atoms with van der Waals surface area (Å²) in [7, 11) is 1.45. The number of nitrogens with zero attached hydrogens (tertiary/aromatic N) is 1. The van der Waals surface area contributed by atoms with Gasteiger partial charge in [0.25, 0.3) is 0 Å². The molecule has 3 aromatic carbocycles. The smallest absolute Gasteiger partial charge is 0.416 e. The van der Waals surface area contributed by atoms with Crippen LogP contribution in [0.25, 0.3) is 22.0 Å². The third-order valence-electron chi connectivity index (χ3n) is 6.07. The number of hydrogen-bond acceptors (Lipinski definition) is 3. The van der Waals surface area contributed by atoms with Crippen LogP contribution in [0.4, 0.5) is 17.6 Å². The first-order valence-electron chi connectivity index (χ1n) is 11.7. The summed E-state index contributed by atoms with van der Waals surface area (Å²) in [5.74, 6) is -0.755. The number of halogens is 4. The minimum Gasteiger partial charge on any atom is -0.496 e. The minimum absolute atomic E-state index is 0.0369. The molecule has 194 valence electrons. The predicted molar refractivity (Wildman–Crippen MR) is 134 cm³/mol. The molecule has 0 bridgehead atoms. The van der Waals surface area contributed by atoms with Gasteiger partial charge in [0.05, 0.1) is 12.7 Å². The molecular weight excluding hydrogens is 486 g/mol. The Bertz CT molecular complexity index is 1480. The van der Waals surface area contributed by atoms with Crippen molar-refractivity contribution in [1.82, 2.24) is 4.57 Å². The van der Waals surface area contributed by atoms with E-state index in [1.165, 1.54) is 19.2 Å². The standard InChI is InChI=1S/C29H27F4NO3/c1-17-18(9-8-11-22(17)30)16-34-23-14-13-19(29(31,32)33)15-21(23)25(20-10-6-7-12-24(20)36-5)26(34)27(35)37-28(2,3)4/h6-15H,16H2,1-5H3. The lowest BCUT2D eigenvalue weighted by molar-refractivity contribution is -0.137. The van der Waals surface area contributed by atoms with E-state index in [1.54, 1.807) is 68.7 Å². The van der Waals surface area contributed by atoms with E-state index in [4.69, 9.17) is 9.47 Å². The minimum atomic E-state index is -4.60. The number of carbonyl (C=O) groups is 1. The molecule has 0 fully saturated rings. The lowest BCUT2D eigenvalue weighted by Gasteiger charge is -2.21.